The van der Waals surface area contributed by atoms with E-state index in [1.54, 1.807) is 0 Å². The fourth-order valence-electron chi connectivity index (χ4n) is 0. The molecule has 0 aliphatic carbocycles. The first-order valence-electron chi connectivity index (χ1n) is 1.91. The van der Waals surface area contributed by atoms with E-state index in [1.807, 2.05) is 0 Å². The van der Waals surface area contributed by atoms with Gasteiger partial charge in [-0.15, -0.1) is 0 Å². The van der Waals surface area contributed by atoms with Gasteiger partial charge in [-0.2, -0.15) is 6.54 Å². The van der Waals surface area contributed by atoms with Gasteiger partial charge >= 0.3 is 32.7 Å². The van der Waals surface area contributed by atoms with E-state index in [0.717, 1.165) is 0 Å². The second-order valence-corrected chi connectivity index (χ2v) is 0.500. The van der Waals surface area contributed by atoms with Crippen molar-refractivity contribution in [3.63, 3.8) is 0 Å². The molecule has 0 aliphatic rings. The molecule has 0 radical (unpaired) electrons. The monoisotopic (exact) mass is 162 g/mol. The van der Waals surface area contributed by atoms with Crippen LogP contribution in [0.3, 0.4) is 0 Å². The van der Waals surface area contributed by atoms with Crippen LogP contribution in [0.1, 0.15) is 1.37 Å². The Morgan fingerprint density at radius 3 is 2.00 bits per heavy atom. The van der Waals surface area contributed by atoms with Gasteiger partial charge in [0.05, 0.1) is 0 Å². The summed E-state index contributed by atoms with van der Waals surface area (Å²) in [6.07, 6.45) is 0. The van der Waals surface area contributed by atoms with Crippen molar-refractivity contribution in [3.8, 4) is 0 Å². The van der Waals surface area contributed by atoms with Crippen LogP contribution >= 0.6 is 0 Å². The van der Waals surface area contributed by atoms with E-state index in [2.05, 4.69) is 26.7 Å². The van der Waals surface area contributed by atoms with E-state index in [9.17, 15) is 0 Å². The minimum Gasteiger partial charge on any atom is -0.498 e. The molecule has 0 atom stereocenters. The predicted octanol–water partition coefficient (Wildman–Crippen LogP) is 0.649. The molecule has 0 spiro atoms. The number of hydrogen-bond acceptors (Lipinski definition) is 1. The first-order chi connectivity index (χ1) is 2.91. The van der Waals surface area contributed by atoms with Gasteiger partial charge < -0.3 is 19.6 Å². The third kappa shape index (κ3) is 19.6. The third-order valence-electron chi connectivity index (χ3n) is 0.177. The van der Waals surface area contributed by atoms with Crippen molar-refractivity contribution in [2.45, 2.75) is 0 Å². The molecule has 0 rings (SSSR count). The maximum atomic E-state index is 5.50. The van der Waals surface area contributed by atoms with Crippen LogP contribution in [0.2, 0.25) is 0 Å². The van der Waals surface area contributed by atoms with Gasteiger partial charge in [0.25, 0.3) is 0 Å². The van der Waals surface area contributed by atoms with E-state index < -0.39 is 0 Å². The van der Waals surface area contributed by atoms with Gasteiger partial charge in [0.1, 0.15) is 0 Å². The van der Waals surface area contributed by atoms with Gasteiger partial charge in [-0.3, -0.25) is 7.05 Å². The fraction of sp³-hybridized carbons (Fsp3) is 0.250. The Kier molecular flexibility index (Phi) is 28.0. The first kappa shape index (κ1) is 10.1. The molecule has 0 bridgehead atoms. The Hall–Kier alpha value is 1.06. The minimum absolute atomic E-state index is 0. The summed E-state index contributed by atoms with van der Waals surface area (Å²) in [4.78, 5) is 0. The molecular formula is C4H10NY. The van der Waals surface area contributed by atoms with Crippen molar-refractivity contribution in [2.75, 3.05) is 6.54 Å². The zero-order valence-corrected chi connectivity index (χ0v) is 6.74. The molecule has 0 heterocycles. The quantitative estimate of drug-likeness (QED) is 0.558. The summed E-state index contributed by atoms with van der Waals surface area (Å²) >= 11 is 0. The topological polar surface area (TPSA) is 12.0 Å². The van der Waals surface area contributed by atoms with Gasteiger partial charge in [0.15, 0.2) is 0 Å². The molecule has 2 heteroatoms. The summed E-state index contributed by atoms with van der Waals surface area (Å²) in [5.41, 5.74) is 0. The number of hydrogen-bond donors (Lipinski definition) is 1. The maximum absolute atomic E-state index is 5.50. The Labute approximate surface area is 67.2 Å². The van der Waals surface area contributed by atoms with Crippen LogP contribution in [0, 0.1) is 21.4 Å². The summed E-state index contributed by atoms with van der Waals surface area (Å²) in [5.74, 6) is 0. The van der Waals surface area contributed by atoms with Crippen LogP contribution < -0.4 is 5.32 Å². The van der Waals surface area contributed by atoms with Gasteiger partial charge in [-0.25, -0.2) is 1.37 Å². The summed E-state index contributed by atoms with van der Waals surface area (Å²) in [6.45, 7) is 4.14. The van der Waals surface area contributed by atoms with E-state index in [-0.39, 0.29) is 32.7 Å². The van der Waals surface area contributed by atoms with Gasteiger partial charge in [0.2, 0.25) is 0 Å². The SMILES string of the molecule is [2H][CH2-].[CH2-]CN[CH2-].[Y+3]. The van der Waals surface area contributed by atoms with Crippen molar-refractivity contribution < 1.29 is 34.1 Å². The Balaban J connectivity index is -0.0000000480. The van der Waals surface area contributed by atoms with Crippen LogP contribution in [-0.2, 0) is 32.7 Å². The van der Waals surface area contributed by atoms with Crippen molar-refractivity contribution in [1.29, 1.82) is 0 Å². The first-order valence-corrected chi connectivity index (χ1v) is 1.21. The zero-order chi connectivity index (χ0) is 5.41. The number of nitrogens with one attached hydrogen (secondary N) is 1. The molecule has 0 saturated heterocycles. The molecule has 1 nitrogen and oxygen atoms in total. The molecule has 0 aromatic heterocycles. The minimum atomic E-state index is 0. The molecule has 1 N–H and O–H groups in total. The van der Waals surface area contributed by atoms with E-state index in [0.29, 0.717) is 6.54 Å². The van der Waals surface area contributed by atoms with Crippen molar-refractivity contribution in [2.24, 2.45) is 0 Å². The summed E-state index contributed by atoms with van der Waals surface area (Å²) in [6, 6.07) is 0. The molecule has 0 fully saturated rings. The summed E-state index contributed by atoms with van der Waals surface area (Å²) in [7, 11) is 5.79. The standard InChI is InChI=1S/C3H7N.CH3.Y/c1-3-4-2;;/h4H,1-3H2;1H3;/q-2;-1;+3/i;1D;. The van der Waals surface area contributed by atoms with E-state index >= 15 is 0 Å². The van der Waals surface area contributed by atoms with Gasteiger partial charge in [-0.05, 0) is 0 Å². The van der Waals surface area contributed by atoms with Crippen LogP contribution in [0.15, 0.2) is 0 Å². The van der Waals surface area contributed by atoms with Gasteiger partial charge in [-0.1, -0.05) is 0 Å². The fourth-order valence-corrected chi connectivity index (χ4v) is 0. The van der Waals surface area contributed by atoms with Crippen molar-refractivity contribution >= 4 is 0 Å². The molecule has 0 amide bonds. The van der Waals surface area contributed by atoms with Gasteiger partial charge in [0, 0.05) is 0 Å². The van der Waals surface area contributed by atoms with Crippen LogP contribution in [-0.4, -0.2) is 6.54 Å². The Morgan fingerprint density at radius 2 is 2.00 bits per heavy atom. The zero-order valence-electron chi connectivity index (χ0n) is 4.91. The summed E-state index contributed by atoms with van der Waals surface area (Å²) < 4.78 is 5.50. The molecule has 0 aromatic carbocycles. The van der Waals surface area contributed by atoms with Crippen molar-refractivity contribution in [3.05, 3.63) is 21.4 Å². The molecule has 6 heavy (non-hydrogen) atoms. The van der Waals surface area contributed by atoms with E-state index in [4.69, 9.17) is 1.37 Å². The second-order valence-electron chi connectivity index (χ2n) is 0.500. The van der Waals surface area contributed by atoms with Crippen LogP contribution in [0.5, 0.6) is 0 Å². The average molecular weight is 162 g/mol. The molecule has 0 aliphatic heterocycles. The number of rotatable bonds is 1. The molecular weight excluding hydrogens is 151 g/mol. The Bertz CT molecular complexity index is 13.7. The largest absolute Gasteiger partial charge is 3.00 e. The summed E-state index contributed by atoms with van der Waals surface area (Å²) in [5, 5.41) is 2.57. The normalized spacial score (nSPS) is 6.17. The molecule has 0 unspecified atom stereocenters. The third-order valence-corrected chi connectivity index (χ3v) is 0.177. The molecule has 34 valence electrons. The van der Waals surface area contributed by atoms with E-state index in [1.165, 1.54) is 0 Å². The van der Waals surface area contributed by atoms with Crippen LogP contribution in [0.4, 0.5) is 0 Å². The second kappa shape index (κ2) is 16.6. The van der Waals surface area contributed by atoms with Crippen LogP contribution in [0.25, 0.3) is 0 Å². The average Bonchev–Trinajstić information content (AvgIpc) is 1.72. The smallest absolute Gasteiger partial charge is 0.498 e. The predicted molar refractivity (Wildman–Crippen MR) is 25.1 cm³/mol. The maximum Gasteiger partial charge on any atom is 3.00 e. The molecule has 0 aromatic rings. The Morgan fingerprint density at radius 1 is 1.83 bits per heavy atom. The van der Waals surface area contributed by atoms with Crippen molar-refractivity contribution in [1.82, 2.24) is 5.32 Å². The molecule has 0 saturated carbocycles.